The van der Waals surface area contributed by atoms with Crippen molar-refractivity contribution in [2.24, 2.45) is 0 Å². The summed E-state index contributed by atoms with van der Waals surface area (Å²) in [5, 5.41) is 0. The van der Waals surface area contributed by atoms with Gasteiger partial charge in [-0.05, 0) is 18.5 Å². The summed E-state index contributed by atoms with van der Waals surface area (Å²) >= 11 is 0. The van der Waals surface area contributed by atoms with E-state index in [1.165, 1.54) is 31.4 Å². The molecule has 1 nitrogen and oxygen atoms in total. The van der Waals surface area contributed by atoms with Crippen LogP contribution in [0.15, 0.2) is 43.0 Å². The molecule has 0 aliphatic carbocycles. The molecular formula is C15H23N. The van der Waals surface area contributed by atoms with Gasteiger partial charge in [0, 0.05) is 13.1 Å². The van der Waals surface area contributed by atoms with Crippen molar-refractivity contribution < 1.29 is 0 Å². The highest BCUT2D eigenvalue weighted by atomic mass is 15.1. The van der Waals surface area contributed by atoms with E-state index in [0.717, 1.165) is 13.1 Å². The molecule has 0 N–H and O–H groups in total. The fourth-order valence-electron chi connectivity index (χ4n) is 1.84. The molecule has 88 valence electrons. The third-order valence-corrected chi connectivity index (χ3v) is 2.71. The van der Waals surface area contributed by atoms with Gasteiger partial charge in [0.05, 0.1) is 0 Å². The molecule has 0 heterocycles. The second kappa shape index (κ2) is 8.12. The molecule has 1 rings (SSSR count). The predicted molar refractivity (Wildman–Crippen MR) is 71.4 cm³/mol. The van der Waals surface area contributed by atoms with Crippen molar-refractivity contribution in [1.29, 1.82) is 0 Å². The number of hydrogen-bond acceptors (Lipinski definition) is 1. The van der Waals surface area contributed by atoms with Crippen molar-refractivity contribution in [2.45, 2.75) is 32.7 Å². The summed E-state index contributed by atoms with van der Waals surface area (Å²) in [4.78, 5) is 2.46. The van der Waals surface area contributed by atoms with Crippen molar-refractivity contribution in [2.75, 3.05) is 13.1 Å². The minimum absolute atomic E-state index is 0.985. The van der Waals surface area contributed by atoms with Crippen LogP contribution in [0.2, 0.25) is 0 Å². The van der Waals surface area contributed by atoms with Gasteiger partial charge in [-0.25, -0.2) is 0 Å². The van der Waals surface area contributed by atoms with Crippen LogP contribution in [-0.4, -0.2) is 18.0 Å². The average molecular weight is 217 g/mol. The number of hydrogen-bond donors (Lipinski definition) is 0. The molecule has 0 saturated heterocycles. The second-order valence-corrected chi connectivity index (χ2v) is 4.22. The first-order valence-corrected chi connectivity index (χ1v) is 6.24. The van der Waals surface area contributed by atoms with Crippen LogP contribution in [0, 0.1) is 0 Å². The SMILES string of the molecule is C=CCN(CCCCC)Cc1ccccc1. The minimum Gasteiger partial charge on any atom is -0.295 e. The maximum Gasteiger partial charge on any atom is 0.0237 e. The summed E-state index contributed by atoms with van der Waals surface area (Å²) in [5.41, 5.74) is 1.39. The first-order chi connectivity index (χ1) is 7.86. The third kappa shape index (κ3) is 5.13. The highest BCUT2D eigenvalue weighted by Gasteiger charge is 2.03. The molecule has 0 bridgehead atoms. The first kappa shape index (κ1) is 13.0. The molecule has 0 unspecified atom stereocenters. The summed E-state index contributed by atoms with van der Waals surface area (Å²) in [5.74, 6) is 0. The van der Waals surface area contributed by atoms with E-state index in [1.807, 2.05) is 6.08 Å². The van der Waals surface area contributed by atoms with Gasteiger partial charge in [0.25, 0.3) is 0 Å². The third-order valence-electron chi connectivity index (χ3n) is 2.71. The topological polar surface area (TPSA) is 3.24 Å². The van der Waals surface area contributed by atoms with E-state index in [4.69, 9.17) is 0 Å². The number of benzene rings is 1. The lowest BCUT2D eigenvalue weighted by Gasteiger charge is -2.20. The van der Waals surface area contributed by atoms with E-state index in [1.54, 1.807) is 0 Å². The molecule has 1 aromatic carbocycles. The van der Waals surface area contributed by atoms with Gasteiger partial charge < -0.3 is 0 Å². The zero-order valence-corrected chi connectivity index (χ0v) is 10.4. The van der Waals surface area contributed by atoms with Gasteiger partial charge in [-0.3, -0.25) is 4.90 Å². The van der Waals surface area contributed by atoms with Gasteiger partial charge in [0.15, 0.2) is 0 Å². The van der Waals surface area contributed by atoms with Gasteiger partial charge in [0.1, 0.15) is 0 Å². The molecule has 1 aromatic rings. The van der Waals surface area contributed by atoms with Crippen LogP contribution in [-0.2, 0) is 6.54 Å². The molecule has 16 heavy (non-hydrogen) atoms. The molecule has 0 atom stereocenters. The molecule has 1 heteroatoms. The van der Waals surface area contributed by atoms with Crippen molar-refractivity contribution in [3.63, 3.8) is 0 Å². The minimum atomic E-state index is 0.985. The number of nitrogens with zero attached hydrogens (tertiary/aromatic N) is 1. The summed E-state index contributed by atoms with van der Waals surface area (Å²) in [6, 6.07) is 10.7. The van der Waals surface area contributed by atoms with Crippen molar-refractivity contribution >= 4 is 0 Å². The molecular weight excluding hydrogens is 194 g/mol. The number of unbranched alkanes of at least 4 members (excludes halogenated alkanes) is 2. The van der Waals surface area contributed by atoms with Gasteiger partial charge in [-0.15, -0.1) is 6.58 Å². The van der Waals surface area contributed by atoms with Crippen molar-refractivity contribution in [1.82, 2.24) is 4.90 Å². The fraction of sp³-hybridized carbons (Fsp3) is 0.467. The fourth-order valence-corrected chi connectivity index (χ4v) is 1.84. The Bertz CT molecular complexity index is 279. The van der Waals surface area contributed by atoms with E-state index >= 15 is 0 Å². The lowest BCUT2D eigenvalue weighted by Crippen LogP contribution is -2.24. The van der Waals surface area contributed by atoms with E-state index in [-0.39, 0.29) is 0 Å². The van der Waals surface area contributed by atoms with Crippen LogP contribution in [0.25, 0.3) is 0 Å². The molecule has 0 aliphatic rings. The standard InChI is InChI=1S/C15H23N/c1-3-5-9-13-16(12-4-2)14-15-10-7-6-8-11-15/h4,6-8,10-11H,2-3,5,9,12-14H2,1H3. The Morgan fingerprint density at radius 1 is 1.19 bits per heavy atom. The summed E-state index contributed by atoms with van der Waals surface area (Å²) < 4.78 is 0. The molecule has 0 fully saturated rings. The van der Waals surface area contributed by atoms with Gasteiger partial charge in [-0.1, -0.05) is 56.2 Å². The Morgan fingerprint density at radius 2 is 1.94 bits per heavy atom. The molecule has 0 aliphatic heterocycles. The molecule has 0 saturated carbocycles. The summed E-state index contributed by atoms with van der Waals surface area (Å²) in [6.07, 6.45) is 5.89. The lowest BCUT2D eigenvalue weighted by atomic mass is 10.2. The van der Waals surface area contributed by atoms with Crippen LogP contribution in [0.3, 0.4) is 0 Å². The molecule has 0 radical (unpaired) electrons. The highest BCUT2D eigenvalue weighted by Crippen LogP contribution is 2.06. The Morgan fingerprint density at radius 3 is 2.56 bits per heavy atom. The molecule has 0 amide bonds. The largest absolute Gasteiger partial charge is 0.295 e. The summed E-state index contributed by atoms with van der Waals surface area (Å²) in [7, 11) is 0. The quantitative estimate of drug-likeness (QED) is 0.472. The van der Waals surface area contributed by atoms with Crippen molar-refractivity contribution in [3.05, 3.63) is 48.6 Å². The van der Waals surface area contributed by atoms with Crippen molar-refractivity contribution in [3.8, 4) is 0 Å². The van der Waals surface area contributed by atoms with E-state index in [9.17, 15) is 0 Å². The van der Waals surface area contributed by atoms with Crippen LogP contribution >= 0.6 is 0 Å². The van der Waals surface area contributed by atoms with E-state index in [2.05, 4.69) is 48.7 Å². The van der Waals surface area contributed by atoms with Crippen LogP contribution in [0.1, 0.15) is 31.7 Å². The molecule has 0 aromatic heterocycles. The Hall–Kier alpha value is -1.08. The van der Waals surface area contributed by atoms with Gasteiger partial charge >= 0.3 is 0 Å². The smallest absolute Gasteiger partial charge is 0.0237 e. The van der Waals surface area contributed by atoms with E-state index < -0.39 is 0 Å². The number of rotatable bonds is 8. The average Bonchev–Trinajstić information content (AvgIpc) is 2.31. The Kier molecular flexibility index (Phi) is 6.59. The molecule has 0 spiro atoms. The van der Waals surface area contributed by atoms with Crippen LogP contribution in [0.4, 0.5) is 0 Å². The van der Waals surface area contributed by atoms with Crippen LogP contribution < -0.4 is 0 Å². The maximum atomic E-state index is 3.83. The zero-order chi connectivity index (χ0) is 11.6. The Balaban J connectivity index is 2.41. The van der Waals surface area contributed by atoms with E-state index in [0.29, 0.717) is 0 Å². The van der Waals surface area contributed by atoms with Gasteiger partial charge in [0.2, 0.25) is 0 Å². The van der Waals surface area contributed by atoms with Gasteiger partial charge in [-0.2, -0.15) is 0 Å². The first-order valence-electron chi connectivity index (χ1n) is 6.24. The lowest BCUT2D eigenvalue weighted by molar-refractivity contribution is 0.287. The van der Waals surface area contributed by atoms with Crippen LogP contribution in [0.5, 0.6) is 0 Å². The maximum absolute atomic E-state index is 3.83. The summed E-state index contributed by atoms with van der Waals surface area (Å²) in [6.45, 7) is 9.27. The predicted octanol–water partition coefficient (Wildman–Crippen LogP) is 3.86. The highest BCUT2D eigenvalue weighted by molar-refractivity contribution is 5.14. The second-order valence-electron chi connectivity index (χ2n) is 4.22. The normalized spacial score (nSPS) is 10.6. The monoisotopic (exact) mass is 217 g/mol. The zero-order valence-electron chi connectivity index (χ0n) is 10.4. The Labute approximate surface area is 99.8 Å².